The molecule has 9 nitrogen and oxygen atoms in total. The number of ether oxygens (including phenoxy) is 3. The molecule has 1 aliphatic rings. The van der Waals surface area contributed by atoms with Gasteiger partial charge < -0.3 is 19.0 Å². The molecule has 0 N–H and O–H groups in total. The third-order valence-electron chi connectivity index (χ3n) is 4.58. The molecule has 0 radical (unpaired) electrons. The fraction of sp³-hybridized carbons (Fsp3) is 0.524. The average molecular weight is 510 g/mol. The predicted molar refractivity (Wildman–Crippen MR) is 113 cm³/mol. The summed E-state index contributed by atoms with van der Waals surface area (Å²) in [6.07, 6.45) is -6.60. The summed E-state index contributed by atoms with van der Waals surface area (Å²) in [5.74, 6) is -2.10. The molecule has 0 saturated carbocycles. The van der Waals surface area contributed by atoms with E-state index < -0.39 is 53.5 Å². The third kappa shape index (κ3) is 7.51. The van der Waals surface area contributed by atoms with E-state index in [1.807, 2.05) is 20.8 Å². The number of alkyl halides is 3. The lowest BCUT2D eigenvalue weighted by Crippen LogP contribution is -2.41. The first-order valence-corrected chi connectivity index (χ1v) is 10.5. The maximum Gasteiger partial charge on any atom is 0.430 e. The van der Waals surface area contributed by atoms with Crippen LogP contribution in [0.1, 0.15) is 44.7 Å². The Morgan fingerprint density at radius 1 is 1.15 bits per heavy atom. The number of hydrogen-bond acceptors (Lipinski definition) is 8. The lowest BCUT2D eigenvalue weighted by molar-refractivity contribution is -0.757. The Hall–Kier alpha value is -3.02. The van der Waals surface area contributed by atoms with Crippen molar-refractivity contribution < 1.29 is 46.9 Å². The number of esters is 2. The molecule has 0 bridgehead atoms. The zero-order valence-electron chi connectivity index (χ0n) is 18.6. The Morgan fingerprint density at radius 2 is 1.79 bits per heavy atom. The smallest absolute Gasteiger partial charge is 0.430 e. The summed E-state index contributed by atoms with van der Waals surface area (Å²) in [7, 11) is 0. The Labute approximate surface area is 197 Å². The fourth-order valence-electron chi connectivity index (χ4n) is 3.00. The third-order valence-corrected chi connectivity index (χ3v) is 4.89. The Kier molecular flexibility index (Phi) is 8.76. The van der Waals surface area contributed by atoms with Gasteiger partial charge >= 0.3 is 18.1 Å². The second-order valence-corrected chi connectivity index (χ2v) is 8.68. The summed E-state index contributed by atoms with van der Waals surface area (Å²) in [5.41, 5.74) is -0.458. The molecule has 0 amide bonds. The zero-order valence-corrected chi connectivity index (χ0v) is 19.3. The van der Waals surface area contributed by atoms with E-state index in [4.69, 9.17) is 25.8 Å². The lowest BCUT2D eigenvalue weighted by atomic mass is 9.85. The van der Waals surface area contributed by atoms with Gasteiger partial charge in [0.2, 0.25) is 6.10 Å². The minimum atomic E-state index is -4.90. The van der Waals surface area contributed by atoms with Gasteiger partial charge in [0.15, 0.2) is 0 Å². The van der Waals surface area contributed by atoms with Crippen LogP contribution in [0.5, 0.6) is 5.75 Å². The van der Waals surface area contributed by atoms with Gasteiger partial charge in [-0.15, -0.1) is 10.1 Å². The largest absolute Gasteiger partial charge is 0.475 e. The zero-order chi connectivity index (χ0) is 25.7. The van der Waals surface area contributed by atoms with Crippen LogP contribution >= 0.6 is 11.6 Å². The van der Waals surface area contributed by atoms with Gasteiger partial charge in [-0.2, -0.15) is 13.2 Å². The molecule has 0 unspecified atom stereocenters. The van der Waals surface area contributed by atoms with Gasteiger partial charge in [-0.05, 0) is 35.6 Å². The first-order valence-electron chi connectivity index (χ1n) is 10.1. The highest BCUT2D eigenvalue weighted by atomic mass is 35.5. The van der Waals surface area contributed by atoms with Gasteiger partial charge in [0.25, 0.3) is 5.09 Å². The van der Waals surface area contributed by atoms with Crippen LogP contribution in [-0.4, -0.2) is 49.1 Å². The quantitative estimate of drug-likeness (QED) is 0.208. The molecule has 1 aromatic rings. The number of rotatable bonds is 9. The molecule has 1 heterocycles. The van der Waals surface area contributed by atoms with Crippen molar-refractivity contribution in [3.05, 3.63) is 44.0 Å². The summed E-state index contributed by atoms with van der Waals surface area (Å²) in [6, 6.07) is 2.84. The molecule has 34 heavy (non-hydrogen) atoms. The molecule has 1 aromatic carbocycles. The summed E-state index contributed by atoms with van der Waals surface area (Å²) >= 11 is 6.28. The minimum Gasteiger partial charge on any atom is -0.475 e. The number of fused-ring (bicyclic) bond motifs is 1. The van der Waals surface area contributed by atoms with E-state index in [-0.39, 0.29) is 30.8 Å². The summed E-state index contributed by atoms with van der Waals surface area (Å²) in [5, 5.41) is 9.31. The van der Waals surface area contributed by atoms with E-state index in [1.165, 1.54) is 12.1 Å². The Balaban J connectivity index is 2.04. The van der Waals surface area contributed by atoms with Crippen LogP contribution in [-0.2, 0) is 29.3 Å². The van der Waals surface area contributed by atoms with Gasteiger partial charge in [-0.25, -0.2) is 4.79 Å². The van der Waals surface area contributed by atoms with E-state index in [1.54, 1.807) is 0 Å². The molecule has 0 aromatic heterocycles. The highest BCUT2D eigenvalue weighted by Crippen LogP contribution is 2.42. The van der Waals surface area contributed by atoms with Gasteiger partial charge in [-0.3, -0.25) is 4.79 Å². The van der Waals surface area contributed by atoms with Gasteiger partial charge in [0.05, 0.1) is 12.2 Å². The molecule has 2 rings (SSSR count). The highest BCUT2D eigenvalue weighted by Gasteiger charge is 2.49. The Morgan fingerprint density at radius 3 is 2.38 bits per heavy atom. The fourth-order valence-corrected chi connectivity index (χ4v) is 3.46. The van der Waals surface area contributed by atoms with E-state index in [9.17, 15) is 32.9 Å². The molecule has 0 aliphatic carbocycles. The molecule has 1 aliphatic heterocycles. The van der Waals surface area contributed by atoms with Crippen LogP contribution < -0.4 is 4.74 Å². The number of benzene rings is 1. The van der Waals surface area contributed by atoms with Crippen molar-refractivity contribution in [2.24, 2.45) is 0 Å². The van der Waals surface area contributed by atoms with Crippen molar-refractivity contribution in [1.82, 2.24) is 0 Å². The molecule has 0 fully saturated rings. The van der Waals surface area contributed by atoms with Gasteiger partial charge in [-0.1, -0.05) is 32.4 Å². The topological polar surface area (TPSA) is 114 Å². The van der Waals surface area contributed by atoms with Crippen molar-refractivity contribution in [2.45, 2.75) is 51.3 Å². The monoisotopic (exact) mass is 509 g/mol. The molecular weight excluding hydrogens is 487 g/mol. The maximum absolute atomic E-state index is 13.6. The van der Waals surface area contributed by atoms with Crippen molar-refractivity contribution in [2.75, 3.05) is 19.8 Å². The van der Waals surface area contributed by atoms with Crippen LogP contribution in [0.25, 0.3) is 6.08 Å². The van der Waals surface area contributed by atoms with Crippen LogP contribution in [0.2, 0.25) is 5.02 Å². The SMILES string of the molecule is CC(C)(C)c1cc2c(cc1Cl)C=C(C(=O)OCCOC(=O)CCCO[N+](=O)[O-])[C@@H](C(F)(F)F)O2. The molecule has 1 atom stereocenters. The average Bonchev–Trinajstić information content (AvgIpc) is 2.71. The summed E-state index contributed by atoms with van der Waals surface area (Å²) in [4.78, 5) is 37.9. The minimum absolute atomic E-state index is 0.0238. The molecule has 188 valence electrons. The van der Waals surface area contributed by atoms with E-state index in [0.29, 0.717) is 10.6 Å². The molecular formula is C21H23ClF3NO8. The summed E-state index contributed by atoms with van der Waals surface area (Å²) < 4.78 is 55.6. The van der Waals surface area contributed by atoms with Gasteiger partial charge in [0, 0.05) is 17.0 Å². The molecule has 0 spiro atoms. The highest BCUT2D eigenvalue weighted by molar-refractivity contribution is 6.31. The van der Waals surface area contributed by atoms with Crippen LogP contribution in [0.4, 0.5) is 13.2 Å². The van der Waals surface area contributed by atoms with Crippen molar-refractivity contribution in [3.8, 4) is 5.75 Å². The first kappa shape index (κ1) is 27.2. The number of hydrogen-bond donors (Lipinski definition) is 0. The number of halogens is 4. The van der Waals surface area contributed by atoms with Crippen molar-refractivity contribution in [1.29, 1.82) is 0 Å². The number of carbonyl (C=O) groups excluding carboxylic acids is 2. The molecule has 13 heteroatoms. The van der Waals surface area contributed by atoms with Crippen molar-refractivity contribution >= 4 is 29.6 Å². The van der Waals surface area contributed by atoms with Crippen molar-refractivity contribution in [3.63, 3.8) is 0 Å². The number of nitrogens with zero attached hydrogens (tertiary/aromatic N) is 1. The Bertz CT molecular complexity index is 972. The molecule has 0 saturated heterocycles. The van der Waals surface area contributed by atoms with E-state index >= 15 is 0 Å². The van der Waals surface area contributed by atoms with E-state index in [0.717, 1.165) is 6.08 Å². The van der Waals surface area contributed by atoms with E-state index in [2.05, 4.69) is 4.84 Å². The second kappa shape index (κ2) is 10.9. The predicted octanol–water partition coefficient (Wildman–Crippen LogP) is 4.42. The lowest BCUT2D eigenvalue weighted by Gasteiger charge is -2.30. The first-order chi connectivity index (χ1) is 15.7. The normalized spacial score (nSPS) is 15.5. The van der Waals surface area contributed by atoms with Crippen LogP contribution in [0, 0.1) is 10.1 Å². The van der Waals surface area contributed by atoms with Crippen LogP contribution in [0.15, 0.2) is 17.7 Å². The van der Waals surface area contributed by atoms with Gasteiger partial charge in [0.1, 0.15) is 19.0 Å². The second-order valence-electron chi connectivity index (χ2n) is 8.28. The summed E-state index contributed by atoms with van der Waals surface area (Å²) in [6.45, 7) is 4.31. The standard InChI is InChI=1S/C21H23ClF3NO8/c1-20(2,3)14-11-16-12(10-15(14)22)9-13(18(34-16)21(23,24)25)19(28)32-8-7-31-17(27)5-4-6-33-26(29)30/h9-11,18H,4-8H2,1-3H3/t18-/m0/s1. The van der Waals surface area contributed by atoms with Crippen LogP contribution in [0.3, 0.4) is 0 Å². The number of carbonyl (C=O) groups is 2. The maximum atomic E-state index is 13.6.